The molecule has 0 unspecified atom stereocenters. The zero-order valence-corrected chi connectivity index (χ0v) is 13.8. The van der Waals surface area contributed by atoms with Gasteiger partial charge in [0, 0.05) is 5.56 Å². The Labute approximate surface area is 140 Å². The van der Waals surface area contributed by atoms with Crippen molar-refractivity contribution in [2.45, 2.75) is 20.5 Å². The third kappa shape index (κ3) is 4.15. The lowest BCUT2D eigenvalue weighted by molar-refractivity contribution is 0.0953. The highest BCUT2D eigenvalue weighted by molar-refractivity contribution is 6.32. The average Bonchev–Trinajstić information content (AvgIpc) is 2.55. The van der Waals surface area contributed by atoms with E-state index < -0.39 is 5.91 Å². The molecular formula is C17H19ClN2O3. The predicted octanol–water partition coefficient (Wildman–Crippen LogP) is 3.23. The van der Waals surface area contributed by atoms with Gasteiger partial charge in [-0.25, -0.2) is 5.84 Å². The largest absolute Gasteiger partial charge is 0.490 e. The van der Waals surface area contributed by atoms with Gasteiger partial charge in [0.05, 0.1) is 11.6 Å². The number of nitrogen functional groups attached to an aromatic ring is 1. The van der Waals surface area contributed by atoms with E-state index in [0.717, 1.165) is 11.1 Å². The lowest BCUT2D eigenvalue weighted by atomic mass is 10.1. The van der Waals surface area contributed by atoms with Crippen LogP contribution >= 0.6 is 11.6 Å². The lowest BCUT2D eigenvalue weighted by Gasteiger charge is -2.15. The topological polar surface area (TPSA) is 73.6 Å². The molecule has 122 valence electrons. The second kappa shape index (κ2) is 7.85. The lowest BCUT2D eigenvalue weighted by Crippen LogP contribution is -2.30. The third-order valence-corrected chi connectivity index (χ3v) is 3.62. The summed E-state index contributed by atoms with van der Waals surface area (Å²) in [6.07, 6.45) is 0. The number of hydrogen-bond acceptors (Lipinski definition) is 4. The molecule has 0 aliphatic heterocycles. The number of halogens is 1. The average molecular weight is 335 g/mol. The Morgan fingerprint density at radius 1 is 1.26 bits per heavy atom. The third-order valence-electron chi connectivity index (χ3n) is 3.34. The van der Waals surface area contributed by atoms with Crippen LogP contribution in [0.15, 0.2) is 36.4 Å². The molecule has 5 nitrogen and oxygen atoms in total. The van der Waals surface area contributed by atoms with Crippen molar-refractivity contribution in [3.63, 3.8) is 0 Å². The Kier molecular flexibility index (Phi) is 5.84. The van der Waals surface area contributed by atoms with Crippen molar-refractivity contribution >= 4 is 17.5 Å². The Balaban J connectivity index is 2.29. The maximum atomic E-state index is 11.7. The van der Waals surface area contributed by atoms with Gasteiger partial charge in [0.2, 0.25) is 0 Å². The Morgan fingerprint density at radius 3 is 2.65 bits per heavy atom. The summed E-state index contributed by atoms with van der Waals surface area (Å²) in [5.41, 5.74) is 4.55. The van der Waals surface area contributed by atoms with E-state index in [-0.39, 0.29) is 0 Å². The molecule has 0 fully saturated rings. The molecule has 2 aromatic carbocycles. The summed E-state index contributed by atoms with van der Waals surface area (Å²) in [5.74, 6) is 5.52. The van der Waals surface area contributed by atoms with Crippen LogP contribution in [0.25, 0.3) is 0 Å². The van der Waals surface area contributed by atoms with Gasteiger partial charge in [-0.05, 0) is 37.1 Å². The number of nitrogens with one attached hydrogen (secondary N) is 1. The summed E-state index contributed by atoms with van der Waals surface area (Å²) in [6, 6.07) is 11.0. The quantitative estimate of drug-likeness (QED) is 0.483. The van der Waals surface area contributed by atoms with Gasteiger partial charge in [-0.1, -0.05) is 35.9 Å². The highest BCUT2D eigenvalue weighted by Crippen LogP contribution is 2.37. The molecule has 0 bridgehead atoms. The Morgan fingerprint density at radius 2 is 2.00 bits per heavy atom. The smallest absolute Gasteiger partial charge is 0.265 e. The fourth-order valence-electron chi connectivity index (χ4n) is 2.11. The maximum absolute atomic E-state index is 11.7. The van der Waals surface area contributed by atoms with Crippen LogP contribution in [-0.4, -0.2) is 12.5 Å². The second-order valence-corrected chi connectivity index (χ2v) is 5.31. The van der Waals surface area contributed by atoms with Gasteiger partial charge in [-0.15, -0.1) is 0 Å². The van der Waals surface area contributed by atoms with Crippen molar-refractivity contribution in [1.29, 1.82) is 0 Å². The number of carbonyl (C=O) groups excluding carboxylic acids is 1. The summed E-state index contributed by atoms with van der Waals surface area (Å²) in [4.78, 5) is 11.7. The minimum atomic E-state index is -0.446. The molecule has 0 aromatic heterocycles. The number of nitrogens with two attached hydrogens (primary N) is 1. The van der Waals surface area contributed by atoms with Gasteiger partial charge in [0.1, 0.15) is 6.61 Å². The van der Waals surface area contributed by atoms with E-state index in [1.807, 2.05) is 38.1 Å². The first kappa shape index (κ1) is 17.1. The number of rotatable bonds is 6. The van der Waals surface area contributed by atoms with Gasteiger partial charge in [-0.3, -0.25) is 10.2 Å². The van der Waals surface area contributed by atoms with Crippen molar-refractivity contribution < 1.29 is 14.3 Å². The normalized spacial score (nSPS) is 10.3. The highest BCUT2D eigenvalue weighted by Gasteiger charge is 2.16. The summed E-state index contributed by atoms with van der Waals surface area (Å²) < 4.78 is 11.4. The first-order valence-electron chi connectivity index (χ1n) is 7.21. The molecule has 6 heteroatoms. The van der Waals surface area contributed by atoms with E-state index in [4.69, 9.17) is 26.9 Å². The summed E-state index contributed by atoms with van der Waals surface area (Å²) in [5, 5.41) is 0.295. The zero-order chi connectivity index (χ0) is 16.8. The standard InChI is InChI=1S/C17H19ClN2O3/c1-3-22-15-9-13(17(21)20-19)8-14(18)16(15)23-10-12-7-5-4-6-11(12)2/h4-9H,3,10,19H2,1-2H3,(H,20,21). The molecule has 2 aromatic rings. The van der Waals surface area contributed by atoms with Crippen LogP contribution < -0.4 is 20.7 Å². The molecule has 0 atom stereocenters. The van der Waals surface area contributed by atoms with Crippen molar-refractivity contribution in [3.8, 4) is 11.5 Å². The zero-order valence-electron chi connectivity index (χ0n) is 13.1. The minimum absolute atomic E-state index is 0.295. The number of amides is 1. The number of carbonyl (C=O) groups is 1. The van der Waals surface area contributed by atoms with Crippen LogP contribution in [0.5, 0.6) is 11.5 Å². The molecule has 3 N–H and O–H groups in total. The fraction of sp³-hybridized carbons (Fsp3) is 0.235. The molecule has 0 saturated carbocycles. The minimum Gasteiger partial charge on any atom is -0.490 e. The molecule has 0 heterocycles. The fourth-order valence-corrected chi connectivity index (χ4v) is 2.37. The summed E-state index contributed by atoms with van der Waals surface area (Å²) >= 11 is 6.25. The van der Waals surface area contributed by atoms with E-state index >= 15 is 0 Å². The second-order valence-electron chi connectivity index (χ2n) is 4.91. The predicted molar refractivity (Wildman–Crippen MR) is 89.8 cm³/mol. The number of hydrazine groups is 1. The van der Waals surface area contributed by atoms with Crippen molar-refractivity contribution in [3.05, 3.63) is 58.1 Å². The number of ether oxygens (including phenoxy) is 2. The molecule has 2 rings (SSSR count). The van der Waals surface area contributed by atoms with E-state index in [1.54, 1.807) is 6.07 Å². The number of aryl methyl sites for hydroxylation is 1. The van der Waals surface area contributed by atoms with Crippen LogP contribution in [0.1, 0.15) is 28.4 Å². The molecule has 0 spiro atoms. The van der Waals surface area contributed by atoms with Crippen molar-refractivity contribution in [1.82, 2.24) is 5.43 Å². The number of benzene rings is 2. The van der Waals surface area contributed by atoms with Crippen LogP contribution in [0, 0.1) is 6.92 Å². The molecule has 1 amide bonds. The summed E-state index contributed by atoms with van der Waals surface area (Å²) in [6.45, 7) is 4.63. The highest BCUT2D eigenvalue weighted by atomic mass is 35.5. The van der Waals surface area contributed by atoms with Crippen LogP contribution in [0.2, 0.25) is 5.02 Å². The first-order valence-corrected chi connectivity index (χ1v) is 7.59. The Hall–Kier alpha value is -2.24. The van der Waals surface area contributed by atoms with E-state index in [1.165, 1.54) is 6.07 Å². The monoisotopic (exact) mass is 334 g/mol. The van der Waals surface area contributed by atoms with Gasteiger partial charge in [0.15, 0.2) is 11.5 Å². The molecule has 0 aliphatic rings. The van der Waals surface area contributed by atoms with E-state index in [9.17, 15) is 4.79 Å². The van der Waals surface area contributed by atoms with Gasteiger partial charge in [0.25, 0.3) is 5.91 Å². The maximum Gasteiger partial charge on any atom is 0.265 e. The van der Waals surface area contributed by atoms with Crippen LogP contribution in [-0.2, 0) is 6.61 Å². The number of hydrogen-bond donors (Lipinski definition) is 2. The molecule has 23 heavy (non-hydrogen) atoms. The molecule has 0 aliphatic carbocycles. The molecule has 0 radical (unpaired) electrons. The Bertz CT molecular complexity index is 704. The van der Waals surface area contributed by atoms with Crippen LogP contribution in [0.4, 0.5) is 0 Å². The SMILES string of the molecule is CCOc1cc(C(=O)NN)cc(Cl)c1OCc1ccccc1C. The van der Waals surface area contributed by atoms with Crippen LogP contribution in [0.3, 0.4) is 0 Å². The first-order chi connectivity index (χ1) is 11.1. The van der Waals surface area contributed by atoms with E-state index in [0.29, 0.717) is 35.3 Å². The summed E-state index contributed by atoms with van der Waals surface area (Å²) in [7, 11) is 0. The van der Waals surface area contributed by atoms with E-state index in [2.05, 4.69) is 5.43 Å². The van der Waals surface area contributed by atoms with Gasteiger partial charge < -0.3 is 9.47 Å². The van der Waals surface area contributed by atoms with Crippen molar-refractivity contribution in [2.75, 3.05) is 6.61 Å². The molecular weight excluding hydrogens is 316 g/mol. The van der Waals surface area contributed by atoms with Crippen molar-refractivity contribution in [2.24, 2.45) is 5.84 Å². The van der Waals surface area contributed by atoms with Gasteiger partial charge >= 0.3 is 0 Å². The van der Waals surface area contributed by atoms with Gasteiger partial charge in [-0.2, -0.15) is 0 Å². The molecule has 0 saturated heterocycles.